The summed E-state index contributed by atoms with van der Waals surface area (Å²) in [5.74, 6) is 0. The van der Waals surface area contributed by atoms with Crippen LogP contribution in [0.15, 0.2) is 11.0 Å². The number of nitrogens with one attached hydrogen (secondary N) is 1. The van der Waals surface area contributed by atoms with Crippen LogP contribution in [-0.4, -0.2) is 35.5 Å². The molecule has 0 aliphatic carbocycles. The van der Waals surface area contributed by atoms with Gasteiger partial charge >= 0.3 is 0 Å². The Hall–Kier alpha value is -1.07. The normalized spacial score (nSPS) is 21.5. The minimum absolute atomic E-state index is 0.236. The van der Waals surface area contributed by atoms with Gasteiger partial charge in [-0.15, -0.1) is 0 Å². The highest BCUT2D eigenvalue weighted by molar-refractivity contribution is 6.33. The first-order valence-corrected chi connectivity index (χ1v) is 7.09. The zero-order valence-electron chi connectivity index (χ0n) is 11.7. The summed E-state index contributed by atoms with van der Waals surface area (Å²) in [6.07, 6.45) is 5.14. The van der Waals surface area contributed by atoms with Crippen molar-refractivity contribution in [1.82, 2.24) is 15.1 Å². The van der Waals surface area contributed by atoms with Crippen LogP contribution >= 0.6 is 11.6 Å². The van der Waals surface area contributed by atoms with E-state index in [4.69, 9.17) is 11.6 Å². The van der Waals surface area contributed by atoms with Crippen LogP contribution in [0, 0.1) is 0 Å². The van der Waals surface area contributed by atoms with Gasteiger partial charge in [0.1, 0.15) is 5.02 Å². The summed E-state index contributed by atoms with van der Waals surface area (Å²) in [5, 5.41) is 7.65. The van der Waals surface area contributed by atoms with Crippen LogP contribution in [-0.2, 0) is 7.05 Å². The summed E-state index contributed by atoms with van der Waals surface area (Å²) in [4.78, 5) is 14.1. The molecule has 1 aliphatic heterocycles. The Bertz CT molecular complexity index is 502. The van der Waals surface area contributed by atoms with E-state index in [-0.39, 0.29) is 10.6 Å². The van der Waals surface area contributed by atoms with E-state index in [1.165, 1.54) is 11.1 Å². The molecule has 1 N–H and O–H groups in total. The first-order valence-electron chi connectivity index (χ1n) is 6.72. The Kier molecular flexibility index (Phi) is 4.47. The molecule has 2 rings (SSSR count). The van der Waals surface area contributed by atoms with Gasteiger partial charge in [-0.1, -0.05) is 11.6 Å². The number of piperidine rings is 1. The second-order valence-corrected chi connectivity index (χ2v) is 5.48. The number of likely N-dealkylation sites (N-methyl/N-ethyl adjacent to an activating group) is 1. The summed E-state index contributed by atoms with van der Waals surface area (Å²) < 4.78 is 1.27. The van der Waals surface area contributed by atoms with E-state index in [1.807, 2.05) is 7.05 Å². The molecule has 0 spiro atoms. The number of hydrogen-bond acceptors (Lipinski definition) is 4. The maximum Gasteiger partial charge on any atom is 0.287 e. The van der Waals surface area contributed by atoms with Gasteiger partial charge in [0.2, 0.25) is 0 Å². The van der Waals surface area contributed by atoms with Crippen molar-refractivity contribution in [2.75, 3.05) is 18.5 Å². The lowest BCUT2D eigenvalue weighted by Gasteiger charge is -2.40. The molecule has 0 aromatic carbocycles. The first-order chi connectivity index (χ1) is 9.06. The van der Waals surface area contributed by atoms with E-state index in [0.717, 1.165) is 25.1 Å². The predicted octanol–water partition coefficient (Wildman–Crippen LogP) is 1.40. The van der Waals surface area contributed by atoms with Crippen LogP contribution in [0.4, 0.5) is 5.69 Å². The molecule has 1 aliphatic rings. The van der Waals surface area contributed by atoms with Gasteiger partial charge in [0.25, 0.3) is 5.56 Å². The minimum atomic E-state index is -0.236. The minimum Gasteiger partial charge on any atom is -0.364 e. The lowest BCUT2D eigenvalue weighted by atomic mass is 9.96. The smallest absolute Gasteiger partial charge is 0.287 e. The number of aryl methyl sites for hydroxylation is 1. The molecule has 1 aromatic heterocycles. The van der Waals surface area contributed by atoms with Crippen LogP contribution in [0.2, 0.25) is 5.02 Å². The fourth-order valence-electron chi connectivity index (χ4n) is 2.67. The van der Waals surface area contributed by atoms with Crippen LogP contribution < -0.4 is 15.8 Å². The van der Waals surface area contributed by atoms with Gasteiger partial charge in [-0.05, 0) is 33.2 Å². The fourth-order valence-corrected chi connectivity index (χ4v) is 2.95. The third kappa shape index (κ3) is 2.77. The van der Waals surface area contributed by atoms with Crippen molar-refractivity contribution in [3.8, 4) is 0 Å². The van der Waals surface area contributed by atoms with Gasteiger partial charge in [0.15, 0.2) is 0 Å². The number of halogens is 1. The molecule has 19 heavy (non-hydrogen) atoms. The third-order valence-electron chi connectivity index (χ3n) is 3.95. The topological polar surface area (TPSA) is 50.2 Å². The van der Waals surface area contributed by atoms with Crippen LogP contribution in [0.1, 0.15) is 26.2 Å². The summed E-state index contributed by atoms with van der Waals surface area (Å²) >= 11 is 6.21. The lowest BCUT2D eigenvalue weighted by Crippen LogP contribution is -2.51. The Morgan fingerprint density at radius 2 is 2.26 bits per heavy atom. The van der Waals surface area contributed by atoms with E-state index in [9.17, 15) is 4.79 Å². The fraction of sp³-hybridized carbons (Fsp3) is 0.692. The summed E-state index contributed by atoms with van der Waals surface area (Å²) in [5.41, 5.74) is 0.525. The van der Waals surface area contributed by atoms with Crippen LogP contribution in [0.5, 0.6) is 0 Å². The molecule has 0 saturated carbocycles. The van der Waals surface area contributed by atoms with Crippen LogP contribution in [0.3, 0.4) is 0 Å². The quantitative estimate of drug-likeness (QED) is 0.912. The Morgan fingerprint density at radius 3 is 2.95 bits per heavy atom. The van der Waals surface area contributed by atoms with Crippen molar-refractivity contribution in [3.63, 3.8) is 0 Å². The highest BCUT2D eigenvalue weighted by Gasteiger charge is 2.29. The molecule has 6 heteroatoms. The molecule has 1 fully saturated rings. The van der Waals surface area contributed by atoms with E-state index >= 15 is 0 Å². The van der Waals surface area contributed by atoms with Crippen LogP contribution in [0.25, 0.3) is 0 Å². The van der Waals surface area contributed by atoms with E-state index in [0.29, 0.717) is 12.1 Å². The van der Waals surface area contributed by atoms with Crippen molar-refractivity contribution in [2.24, 2.45) is 7.05 Å². The third-order valence-corrected chi connectivity index (χ3v) is 4.31. The Morgan fingerprint density at radius 1 is 1.53 bits per heavy atom. The van der Waals surface area contributed by atoms with Crippen molar-refractivity contribution in [3.05, 3.63) is 21.6 Å². The van der Waals surface area contributed by atoms with E-state index < -0.39 is 0 Å². The molecular weight excluding hydrogens is 264 g/mol. The van der Waals surface area contributed by atoms with E-state index in [1.54, 1.807) is 13.2 Å². The lowest BCUT2D eigenvalue weighted by molar-refractivity contribution is 0.382. The van der Waals surface area contributed by atoms with Crippen molar-refractivity contribution in [1.29, 1.82) is 0 Å². The molecule has 2 atom stereocenters. The molecule has 5 nitrogen and oxygen atoms in total. The van der Waals surface area contributed by atoms with Gasteiger partial charge in [-0.2, -0.15) is 5.10 Å². The van der Waals surface area contributed by atoms with Gasteiger partial charge in [0.05, 0.1) is 11.9 Å². The highest BCUT2D eigenvalue weighted by Crippen LogP contribution is 2.29. The molecule has 106 valence electrons. The SMILES string of the molecule is CNC(C)C1CCCCN1c1cnn(C)c(=O)c1Cl. The maximum absolute atomic E-state index is 11.9. The largest absolute Gasteiger partial charge is 0.364 e. The van der Waals surface area contributed by atoms with Gasteiger partial charge in [-0.25, -0.2) is 4.68 Å². The zero-order valence-corrected chi connectivity index (χ0v) is 12.4. The maximum atomic E-state index is 11.9. The number of nitrogens with zero attached hydrogens (tertiary/aromatic N) is 3. The Balaban J connectivity index is 2.38. The average Bonchev–Trinajstić information content (AvgIpc) is 2.44. The molecule has 0 bridgehead atoms. The number of rotatable bonds is 3. The summed E-state index contributed by atoms with van der Waals surface area (Å²) in [6, 6.07) is 0.700. The van der Waals surface area contributed by atoms with Crippen molar-refractivity contribution in [2.45, 2.75) is 38.3 Å². The molecule has 0 amide bonds. The highest BCUT2D eigenvalue weighted by atomic mass is 35.5. The predicted molar refractivity (Wildman–Crippen MR) is 78.0 cm³/mol. The molecule has 2 heterocycles. The first kappa shape index (κ1) is 14.3. The Labute approximate surface area is 118 Å². The molecule has 1 aromatic rings. The number of hydrogen-bond donors (Lipinski definition) is 1. The molecule has 0 radical (unpaired) electrons. The zero-order chi connectivity index (χ0) is 14.0. The van der Waals surface area contributed by atoms with Gasteiger partial charge < -0.3 is 10.2 Å². The average molecular weight is 285 g/mol. The number of anilines is 1. The van der Waals surface area contributed by atoms with Crippen molar-refractivity contribution < 1.29 is 0 Å². The second kappa shape index (κ2) is 5.92. The van der Waals surface area contributed by atoms with Gasteiger partial charge in [-0.3, -0.25) is 4.79 Å². The number of aromatic nitrogens is 2. The van der Waals surface area contributed by atoms with Gasteiger partial charge in [0, 0.05) is 25.7 Å². The van der Waals surface area contributed by atoms with Crippen molar-refractivity contribution >= 4 is 17.3 Å². The summed E-state index contributed by atoms with van der Waals surface area (Å²) in [7, 11) is 3.57. The standard InChI is InChI=1S/C13H21ClN4O/c1-9(15-2)10-6-4-5-7-18(10)11-8-16-17(3)13(19)12(11)14/h8-10,15H,4-7H2,1-3H3. The second-order valence-electron chi connectivity index (χ2n) is 5.11. The molecule has 1 saturated heterocycles. The monoisotopic (exact) mass is 284 g/mol. The molecular formula is C13H21ClN4O. The molecule has 2 unspecified atom stereocenters. The summed E-state index contributed by atoms with van der Waals surface area (Å²) in [6.45, 7) is 3.08. The van der Waals surface area contributed by atoms with E-state index in [2.05, 4.69) is 22.2 Å².